The Kier molecular flexibility index (Phi) is 6.82. The highest BCUT2D eigenvalue weighted by molar-refractivity contribution is 6.46. The molecule has 2 heterocycles. The van der Waals surface area contributed by atoms with Crippen molar-refractivity contribution in [3.63, 3.8) is 0 Å². The zero-order valence-electron chi connectivity index (χ0n) is 17.5. The monoisotopic (exact) mass is 413 g/mol. The first kappa shape index (κ1) is 21.5. The molecular weight excluding hydrogens is 386 g/mol. The molecule has 1 aliphatic heterocycles. The van der Waals surface area contributed by atoms with E-state index in [-0.39, 0.29) is 11.3 Å². The topological polar surface area (TPSA) is 89.2 Å². The minimum Gasteiger partial charge on any atom is -0.507 e. The number of Topliss-reactive ketones (excluding diaryl/α,β-unsaturated/α-hetero) is 1. The van der Waals surface area contributed by atoms with Gasteiger partial charge in [-0.1, -0.05) is 13.3 Å². The number of likely N-dealkylation sites (tertiary alicyclic amines) is 1. The summed E-state index contributed by atoms with van der Waals surface area (Å²) in [6, 6.07) is 7.59. The van der Waals surface area contributed by atoms with Gasteiger partial charge in [-0.05, 0) is 44.5 Å². The molecule has 0 saturated carbocycles. The van der Waals surface area contributed by atoms with Gasteiger partial charge in [0.1, 0.15) is 29.1 Å². The molecule has 1 amide bonds. The Morgan fingerprint density at radius 2 is 1.90 bits per heavy atom. The van der Waals surface area contributed by atoms with Crippen molar-refractivity contribution in [1.29, 1.82) is 0 Å². The largest absolute Gasteiger partial charge is 0.507 e. The molecule has 1 aromatic carbocycles. The maximum absolute atomic E-state index is 12.9. The lowest BCUT2D eigenvalue weighted by atomic mass is 9.98. The first-order valence-corrected chi connectivity index (χ1v) is 10.2. The van der Waals surface area contributed by atoms with Crippen molar-refractivity contribution < 1.29 is 28.6 Å². The summed E-state index contributed by atoms with van der Waals surface area (Å²) in [5.74, 6) is -0.282. The van der Waals surface area contributed by atoms with Gasteiger partial charge < -0.3 is 23.9 Å². The predicted octanol–water partition coefficient (Wildman–Crippen LogP) is 4.30. The molecule has 1 aromatic heterocycles. The number of unbranched alkanes of at least 4 members (excludes halogenated alkanes) is 1. The minimum absolute atomic E-state index is 0.00355. The molecule has 1 N–H and O–H groups in total. The van der Waals surface area contributed by atoms with Crippen molar-refractivity contribution in [3.05, 3.63) is 53.5 Å². The first-order valence-electron chi connectivity index (χ1n) is 10.2. The molecule has 3 rings (SSSR count). The van der Waals surface area contributed by atoms with Gasteiger partial charge in [0, 0.05) is 12.6 Å². The lowest BCUT2D eigenvalue weighted by Crippen LogP contribution is -2.30. The summed E-state index contributed by atoms with van der Waals surface area (Å²) in [7, 11) is 0. The molecule has 0 bridgehead atoms. The van der Waals surface area contributed by atoms with Crippen molar-refractivity contribution >= 4 is 17.4 Å². The standard InChI is InChI=1S/C23H27NO6/c1-4-7-12-24-20(17-9-8-13-30-17)19(22(26)23(24)27)21(25)16-11-10-15(28-5-2)14-18(16)29-6-3/h8-11,13-14,20,25H,4-7,12H2,1-3H3/b21-19-. The van der Waals surface area contributed by atoms with Crippen molar-refractivity contribution in [2.24, 2.45) is 0 Å². The number of hydrogen-bond donors (Lipinski definition) is 1. The van der Waals surface area contributed by atoms with E-state index in [0.29, 0.717) is 42.6 Å². The molecule has 30 heavy (non-hydrogen) atoms. The smallest absolute Gasteiger partial charge is 0.295 e. The number of furan rings is 1. The Balaban J connectivity index is 2.14. The molecule has 1 atom stereocenters. The van der Waals surface area contributed by atoms with E-state index >= 15 is 0 Å². The Morgan fingerprint density at radius 3 is 2.53 bits per heavy atom. The van der Waals surface area contributed by atoms with Gasteiger partial charge in [0.05, 0.1) is 30.6 Å². The van der Waals surface area contributed by atoms with Crippen molar-refractivity contribution in [1.82, 2.24) is 4.90 Å². The van der Waals surface area contributed by atoms with Crippen molar-refractivity contribution in [2.75, 3.05) is 19.8 Å². The average molecular weight is 413 g/mol. The van der Waals surface area contributed by atoms with Gasteiger partial charge in [-0.3, -0.25) is 9.59 Å². The summed E-state index contributed by atoms with van der Waals surface area (Å²) in [4.78, 5) is 27.1. The second-order valence-corrected chi connectivity index (χ2v) is 6.89. The normalized spacial score (nSPS) is 18.1. The van der Waals surface area contributed by atoms with Crippen LogP contribution in [0.4, 0.5) is 0 Å². The maximum atomic E-state index is 12.9. The zero-order valence-corrected chi connectivity index (χ0v) is 17.5. The number of hydrogen-bond acceptors (Lipinski definition) is 6. The number of nitrogens with zero attached hydrogens (tertiary/aromatic N) is 1. The molecule has 1 fully saturated rings. The summed E-state index contributed by atoms with van der Waals surface area (Å²) in [6.45, 7) is 6.94. The highest BCUT2D eigenvalue weighted by atomic mass is 16.5. The van der Waals surface area contributed by atoms with Crippen LogP contribution >= 0.6 is 0 Å². The third kappa shape index (κ3) is 4.06. The van der Waals surface area contributed by atoms with Crippen molar-refractivity contribution in [3.8, 4) is 11.5 Å². The highest BCUT2D eigenvalue weighted by Gasteiger charge is 2.47. The Labute approximate surface area is 175 Å². The van der Waals surface area contributed by atoms with E-state index in [1.54, 1.807) is 30.3 Å². The number of ketones is 1. The highest BCUT2D eigenvalue weighted by Crippen LogP contribution is 2.41. The maximum Gasteiger partial charge on any atom is 0.295 e. The summed E-state index contributed by atoms with van der Waals surface area (Å²) in [5, 5.41) is 11.2. The molecule has 0 spiro atoms. The number of amides is 1. The number of rotatable bonds is 9. The summed E-state index contributed by atoms with van der Waals surface area (Å²) >= 11 is 0. The number of ether oxygens (including phenoxy) is 2. The van der Waals surface area contributed by atoms with Crippen LogP contribution in [0.1, 0.15) is 51.0 Å². The summed E-state index contributed by atoms with van der Waals surface area (Å²) in [6.07, 6.45) is 3.08. The first-order chi connectivity index (χ1) is 14.5. The zero-order chi connectivity index (χ0) is 21.7. The van der Waals surface area contributed by atoms with Gasteiger partial charge in [-0.15, -0.1) is 0 Å². The minimum atomic E-state index is -0.785. The third-order valence-electron chi connectivity index (χ3n) is 4.92. The quantitative estimate of drug-likeness (QED) is 0.375. The van der Waals surface area contributed by atoms with Crippen LogP contribution in [0.5, 0.6) is 11.5 Å². The van der Waals surface area contributed by atoms with Gasteiger partial charge >= 0.3 is 0 Å². The van der Waals surface area contributed by atoms with Gasteiger partial charge in [-0.2, -0.15) is 0 Å². The molecule has 1 saturated heterocycles. The fourth-order valence-electron chi connectivity index (χ4n) is 3.56. The molecule has 7 nitrogen and oxygen atoms in total. The fraction of sp³-hybridized carbons (Fsp3) is 0.391. The van der Waals surface area contributed by atoms with Crippen LogP contribution in [-0.4, -0.2) is 41.5 Å². The van der Waals surface area contributed by atoms with Crippen LogP contribution in [0.15, 0.2) is 46.6 Å². The Bertz CT molecular complexity index is 931. The van der Waals surface area contributed by atoms with E-state index in [4.69, 9.17) is 13.9 Å². The van der Waals surface area contributed by atoms with Gasteiger partial charge in [0.2, 0.25) is 0 Å². The molecule has 1 aliphatic rings. The van der Waals surface area contributed by atoms with Gasteiger partial charge in [0.25, 0.3) is 11.7 Å². The van der Waals surface area contributed by atoms with Crippen LogP contribution < -0.4 is 9.47 Å². The van der Waals surface area contributed by atoms with E-state index in [9.17, 15) is 14.7 Å². The predicted molar refractivity (Wildman–Crippen MR) is 111 cm³/mol. The van der Waals surface area contributed by atoms with Crippen LogP contribution in [0, 0.1) is 0 Å². The number of carbonyl (C=O) groups is 2. The lowest BCUT2D eigenvalue weighted by molar-refractivity contribution is -0.140. The van der Waals surface area contributed by atoms with Crippen molar-refractivity contribution in [2.45, 2.75) is 39.7 Å². The molecule has 7 heteroatoms. The molecular formula is C23H27NO6. The number of benzene rings is 1. The van der Waals surface area contributed by atoms with E-state index in [1.807, 2.05) is 20.8 Å². The molecule has 0 radical (unpaired) electrons. The Morgan fingerprint density at radius 1 is 1.13 bits per heavy atom. The SMILES string of the molecule is CCCCN1C(=O)C(=O)/C(=C(\O)c2ccc(OCC)cc2OCC)C1c1ccco1. The lowest BCUT2D eigenvalue weighted by Gasteiger charge is -2.23. The van der Waals surface area contributed by atoms with Gasteiger partial charge in [0.15, 0.2) is 0 Å². The summed E-state index contributed by atoms with van der Waals surface area (Å²) in [5.41, 5.74) is 0.321. The van der Waals surface area contributed by atoms with Crippen LogP contribution in [0.25, 0.3) is 5.76 Å². The molecule has 1 unspecified atom stereocenters. The Hall–Kier alpha value is -3.22. The number of carbonyl (C=O) groups excluding carboxylic acids is 2. The fourth-order valence-corrected chi connectivity index (χ4v) is 3.56. The van der Waals surface area contributed by atoms with E-state index in [0.717, 1.165) is 12.8 Å². The molecule has 160 valence electrons. The third-order valence-corrected chi connectivity index (χ3v) is 4.92. The van der Waals surface area contributed by atoms with Gasteiger partial charge in [-0.25, -0.2) is 0 Å². The van der Waals surface area contributed by atoms with Crippen LogP contribution in [0.2, 0.25) is 0 Å². The molecule has 2 aromatic rings. The number of aliphatic hydroxyl groups excluding tert-OH is 1. The second-order valence-electron chi connectivity index (χ2n) is 6.89. The summed E-state index contributed by atoms with van der Waals surface area (Å²) < 4.78 is 16.7. The average Bonchev–Trinajstić information content (AvgIpc) is 3.34. The second kappa shape index (κ2) is 9.52. The molecule has 0 aliphatic carbocycles. The van der Waals surface area contributed by atoms with E-state index < -0.39 is 17.7 Å². The van der Waals surface area contributed by atoms with Crippen LogP contribution in [0.3, 0.4) is 0 Å². The van der Waals surface area contributed by atoms with E-state index in [2.05, 4.69) is 0 Å². The van der Waals surface area contributed by atoms with Crippen LogP contribution in [-0.2, 0) is 9.59 Å². The number of aliphatic hydroxyl groups is 1. The van der Waals surface area contributed by atoms with E-state index in [1.165, 1.54) is 11.2 Å².